The van der Waals surface area contributed by atoms with Gasteiger partial charge in [-0.3, -0.25) is 0 Å². The summed E-state index contributed by atoms with van der Waals surface area (Å²) in [5.74, 6) is -0.313. The Morgan fingerprint density at radius 3 is 2.84 bits per heavy atom. The van der Waals surface area contributed by atoms with Crippen LogP contribution in [0, 0.1) is 0 Å². The van der Waals surface area contributed by atoms with Gasteiger partial charge in [0.05, 0.1) is 31.9 Å². The van der Waals surface area contributed by atoms with Gasteiger partial charge in [-0.2, -0.15) is 0 Å². The second-order valence-electron chi connectivity index (χ2n) is 4.54. The molecule has 1 atom stereocenters. The second kappa shape index (κ2) is 6.54. The van der Waals surface area contributed by atoms with Crippen LogP contribution in [0.2, 0.25) is 0 Å². The quantitative estimate of drug-likeness (QED) is 0.823. The zero-order valence-corrected chi connectivity index (χ0v) is 11.2. The maximum absolute atomic E-state index is 11.4. The van der Waals surface area contributed by atoms with E-state index in [9.17, 15) is 4.79 Å². The topological polar surface area (TPSA) is 64.8 Å². The minimum absolute atomic E-state index is 0.308. The Morgan fingerprint density at radius 1 is 1.47 bits per heavy atom. The summed E-state index contributed by atoms with van der Waals surface area (Å²) in [5, 5.41) is 0. The van der Waals surface area contributed by atoms with Crippen molar-refractivity contribution in [2.24, 2.45) is 5.73 Å². The summed E-state index contributed by atoms with van der Waals surface area (Å²) in [6.45, 7) is 2.92. The van der Waals surface area contributed by atoms with Gasteiger partial charge >= 0.3 is 5.97 Å². The first-order valence-electron chi connectivity index (χ1n) is 6.49. The molecule has 2 N–H and O–H groups in total. The Morgan fingerprint density at radius 2 is 2.21 bits per heavy atom. The SMILES string of the molecule is COC(=O)c1ccc(N2CCOCC2CCN)cc1. The molecule has 0 saturated carbocycles. The number of nitrogens with two attached hydrogens (primary N) is 1. The van der Waals surface area contributed by atoms with Crippen LogP contribution in [0.15, 0.2) is 24.3 Å². The largest absolute Gasteiger partial charge is 0.465 e. The summed E-state index contributed by atoms with van der Waals surface area (Å²) in [5.41, 5.74) is 7.29. The fraction of sp³-hybridized carbons (Fsp3) is 0.500. The number of methoxy groups -OCH3 is 1. The van der Waals surface area contributed by atoms with Gasteiger partial charge in [-0.05, 0) is 37.2 Å². The molecule has 104 valence electrons. The van der Waals surface area contributed by atoms with E-state index in [-0.39, 0.29) is 5.97 Å². The van der Waals surface area contributed by atoms with E-state index in [1.165, 1.54) is 7.11 Å². The number of hydrogen-bond acceptors (Lipinski definition) is 5. The summed E-state index contributed by atoms with van der Waals surface area (Å²) in [4.78, 5) is 13.7. The van der Waals surface area contributed by atoms with Crippen LogP contribution >= 0.6 is 0 Å². The lowest BCUT2D eigenvalue weighted by atomic mass is 10.1. The van der Waals surface area contributed by atoms with Crippen LogP contribution in [-0.4, -0.2) is 45.4 Å². The molecule has 2 rings (SSSR count). The van der Waals surface area contributed by atoms with Gasteiger partial charge in [0.1, 0.15) is 0 Å². The third-order valence-electron chi connectivity index (χ3n) is 3.35. The van der Waals surface area contributed by atoms with E-state index in [0.717, 1.165) is 25.3 Å². The van der Waals surface area contributed by atoms with E-state index in [1.807, 2.05) is 12.1 Å². The predicted octanol–water partition coefficient (Wildman–Crippen LogP) is 1.03. The van der Waals surface area contributed by atoms with Gasteiger partial charge in [-0.25, -0.2) is 4.79 Å². The van der Waals surface area contributed by atoms with E-state index in [2.05, 4.69) is 4.90 Å². The molecule has 1 fully saturated rings. The number of rotatable bonds is 4. The third-order valence-corrected chi connectivity index (χ3v) is 3.35. The van der Waals surface area contributed by atoms with Gasteiger partial charge in [-0.1, -0.05) is 0 Å². The van der Waals surface area contributed by atoms with E-state index < -0.39 is 0 Å². The standard InChI is InChI=1S/C14H20N2O3/c1-18-14(17)11-2-4-12(5-3-11)16-8-9-19-10-13(16)6-7-15/h2-5,13H,6-10,15H2,1H3. The van der Waals surface area contributed by atoms with Crippen molar-refractivity contribution in [2.75, 3.05) is 38.3 Å². The van der Waals surface area contributed by atoms with Crippen LogP contribution in [0.25, 0.3) is 0 Å². The summed E-state index contributed by atoms with van der Waals surface area (Å²) >= 11 is 0. The average Bonchev–Trinajstić information content (AvgIpc) is 2.47. The van der Waals surface area contributed by atoms with Gasteiger partial charge in [0.15, 0.2) is 0 Å². The zero-order chi connectivity index (χ0) is 13.7. The van der Waals surface area contributed by atoms with E-state index in [1.54, 1.807) is 12.1 Å². The first-order chi connectivity index (χ1) is 9.26. The van der Waals surface area contributed by atoms with Crippen LogP contribution in [0.5, 0.6) is 0 Å². The molecule has 1 unspecified atom stereocenters. The number of nitrogens with zero attached hydrogens (tertiary/aromatic N) is 1. The van der Waals surface area contributed by atoms with Gasteiger partial charge in [-0.15, -0.1) is 0 Å². The first kappa shape index (κ1) is 13.8. The van der Waals surface area contributed by atoms with Crippen molar-refractivity contribution in [3.05, 3.63) is 29.8 Å². The molecule has 0 radical (unpaired) electrons. The molecule has 0 bridgehead atoms. The highest BCUT2D eigenvalue weighted by Gasteiger charge is 2.22. The van der Waals surface area contributed by atoms with Crippen molar-refractivity contribution in [2.45, 2.75) is 12.5 Å². The van der Waals surface area contributed by atoms with E-state index >= 15 is 0 Å². The van der Waals surface area contributed by atoms with Crippen molar-refractivity contribution in [1.82, 2.24) is 0 Å². The number of morpholine rings is 1. The Hall–Kier alpha value is -1.59. The molecule has 0 amide bonds. The van der Waals surface area contributed by atoms with E-state index in [0.29, 0.717) is 24.8 Å². The molecule has 0 spiro atoms. The average molecular weight is 264 g/mol. The zero-order valence-electron chi connectivity index (χ0n) is 11.2. The van der Waals surface area contributed by atoms with Crippen LogP contribution in [-0.2, 0) is 9.47 Å². The Labute approximate surface area is 113 Å². The lowest BCUT2D eigenvalue weighted by Gasteiger charge is -2.37. The molecule has 1 saturated heterocycles. The summed E-state index contributed by atoms with van der Waals surface area (Å²) in [6.07, 6.45) is 0.902. The number of carbonyl (C=O) groups excluding carboxylic acids is 1. The maximum Gasteiger partial charge on any atom is 0.337 e. The van der Waals surface area contributed by atoms with Gasteiger partial charge < -0.3 is 20.1 Å². The number of anilines is 1. The fourth-order valence-corrected chi connectivity index (χ4v) is 2.33. The minimum Gasteiger partial charge on any atom is -0.465 e. The van der Waals surface area contributed by atoms with Crippen LogP contribution in [0.4, 0.5) is 5.69 Å². The number of esters is 1. The highest BCUT2D eigenvalue weighted by Crippen LogP contribution is 2.22. The molecule has 5 heteroatoms. The summed E-state index contributed by atoms with van der Waals surface area (Å²) < 4.78 is 10.2. The maximum atomic E-state index is 11.4. The Balaban J connectivity index is 2.13. The van der Waals surface area contributed by atoms with Crippen LogP contribution in [0.1, 0.15) is 16.8 Å². The highest BCUT2D eigenvalue weighted by molar-refractivity contribution is 5.89. The number of carbonyl (C=O) groups is 1. The highest BCUT2D eigenvalue weighted by atomic mass is 16.5. The van der Waals surface area contributed by atoms with Crippen molar-refractivity contribution in [3.63, 3.8) is 0 Å². The summed E-state index contributed by atoms with van der Waals surface area (Å²) in [6, 6.07) is 7.77. The van der Waals surface area contributed by atoms with Crippen molar-refractivity contribution in [1.29, 1.82) is 0 Å². The monoisotopic (exact) mass is 264 g/mol. The molecule has 0 aromatic heterocycles. The molecule has 1 aromatic rings. The fourth-order valence-electron chi connectivity index (χ4n) is 2.33. The molecule has 19 heavy (non-hydrogen) atoms. The minimum atomic E-state index is -0.313. The summed E-state index contributed by atoms with van der Waals surface area (Å²) in [7, 11) is 1.38. The lowest BCUT2D eigenvalue weighted by molar-refractivity contribution is 0.0600. The molecule has 1 aromatic carbocycles. The normalized spacial score (nSPS) is 19.3. The second-order valence-corrected chi connectivity index (χ2v) is 4.54. The Kier molecular flexibility index (Phi) is 4.76. The van der Waals surface area contributed by atoms with E-state index in [4.69, 9.17) is 15.2 Å². The van der Waals surface area contributed by atoms with Crippen LogP contribution < -0.4 is 10.6 Å². The van der Waals surface area contributed by atoms with Crippen molar-refractivity contribution in [3.8, 4) is 0 Å². The van der Waals surface area contributed by atoms with Crippen molar-refractivity contribution >= 4 is 11.7 Å². The van der Waals surface area contributed by atoms with Gasteiger partial charge in [0.25, 0.3) is 0 Å². The number of hydrogen-bond donors (Lipinski definition) is 1. The lowest BCUT2D eigenvalue weighted by Crippen LogP contribution is -2.46. The van der Waals surface area contributed by atoms with Crippen molar-refractivity contribution < 1.29 is 14.3 Å². The molecular formula is C14H20N2O3. The van der Waals surface area contributed by atoms with Gasteiger partial charge in [0, 0.05) is 12.2 Å². The van der Waals surface area contributed by atoms with Gasteiger partial charge in [0.2, 0.25) is 0 Å². The Bertz CT molecular complexity index is 417. The molecule has 1 aliphatic rings. The first-order valence-corrected chi connectivity index (χ1v) is 6.49. The smallest absolute Gasteiger partial charge is 0.337 e. The molecule has 5 nitrogen and oxygen atoms in total. The molecule has 1 aliphatic heterocycles. The third kappa shape index (κ3) is 3.24. The van der Waals surface area contributed by atoms with Crippen LogP contribution in [0.3, 0.4) is 0 Å². The molecule has 0 aliphatic carbocycles. The molecule has 1 heterocycles. The molecular weight excluding hydrogens is 244 g/mol. The number of benzene rings is 1. The number of ether oxygens (including phenoxy) is 2. The predicted molar refractivity (Wildman–Crippen MR) is 73.4 cm³/mol.